The maximum absolute atomic E-state index is 14.0. The number of fused-ring (bicyclic) bond motifs is 1. The van der Waals surface area contributed by atoms with Gasteiger partial charge in [-0.1, -0.05) is 0 Å². The standard InChI is InChI=1S/C32H38O19/c1-9-19(37)23(41)26(44)31(46-9)49-16-4-3-11(5-13(16)34)27-28(22(40)18-14(35)6-12(33)7-17(18)48-27)50-32-29(24(42)20(38)10(2)47-32)51-30-25(43)21(39)15(36)8-45-30/h3-7,9-10,15,19-21,23-26,29-39,41-44H,8H2,1-2H3/t9-,10-,15-,19-,20-,21-,23-,24-,25-,26-,29-,30+,31+,32+/m0/s1. The van der Waals surface area contributed by atoms with Gasteiger partial charge in [0.25, 0.3) is 0 Å². The minimum Gasteiger partial charge on any atom is -0.508 e. The summed E-state index contributed by atoms with van der Waals surface area (Å²) in [5.41, 5.74) is -1.44. The Kier molecular flexibility index (Phi) is 10.4. The van der Waals surface area contributed by atoms with E-state index in [9.17, 15) is 61.0 Å². The quantitative estimate of drug-likeness (QED) is 0.119. The van der Waals surface area contributed by atoms with Crippen molar-refractivity contribution in [1.82, 2.24) is 0 Å². The molecule has 3 aromatic rings. The summed E-state index contributed by atoms with van der Waals surface area (Å²) >= 11 is 0. The molecule has 0 radical (unpaired) electrons. The topological polar surface area (TPSA) is 308 Å². The zero-order valence-electron chi connectivity index (χ0n) is 26.9. The molecular formula is C32H38O19. The fraction of sp³-hybridized carbons (Fsp3) is 0.531. The van der Waals surface area contributed by atoms with Crippen LogP contribution in [-0.4, -0.2) is 149 Å². The van der Waals surface area contributed by atoms with E-state index in [1.165, 1.54) is 26.0 Å². The molecule has 0 bridgehead atoms. The number of aromatic hydroxyl groups is 3. The van der Waals surface area contributed by atoms with Gasteiger partial charge in [-0.25, -0.2) is 0 Å². The Bertz CT molecular complexity index is 1780. The number of hydrogen-bond acceptors (Lipinski definition) is 19. The molecule has 51 heavy (non-hydrogen) atoms. The highest BCUT2D eigenvalue weighted by molar-refractivity contribution is 5.88. The molecule has 19 nitrogen and oxygen atoms in total. The van der Waals surface area contributed by atoms with Crippen LogP contribution in [0, 0.1) is 0 Å². The highest BCUT2D eigenvalue weighted by Crippen LogP contribution is 2.41. The van der Waals surface area contributed by atoms with Crippen molar-refractivity contribution in [3.8, 4) is 40.1 Å². The van der Waals surface area contributed by atoms with Crippen molar-refractivity contribution in [2.24, 2.45) is 0 Å². The van der Waals surface area contributed by atoms with Crippen molar-refractivity contribution < 1.29 is 89.0 Å². The maximum atomic E-state index is 14.0. The maximum Gasteiger partial charge on any atom is 0.239 e. The van der Waals surface area contributed by atoms with Gasteiger partial charge >= 0.3 is 0 Å². The minimum absolute atomic E-state index is 0.0734. The van der Waals surface area contributed by atoms with Crippen molar-refractivity contribution in [2.75, 3.05) is 6.61 Å². The number of aliphatic hydroxyl groups is 8. The number of aliphatic hydroxyl groups excluding tert-OH is 8. The Labute approximate surface area is 287 Å². The molecule has 3 aliphatic rings. The smallest absolute Gasteiger partial charge is 0.239 e. The van der Waals surface area contributed by atoms with Gasteiger partial charge in [-0.05, 0) is 32.0 Å². The lowest BCUT2D eigenvalue weighted by Crippen LogP contribution is -2.62. The summed E-state index contributed by atoms with van der Waals surface area (Å²) in [6.07, 6.45) is -21.9. The minimum atomic E-state index is -1.83. The van der Waals surface area contributed by atoms with Gasteiger partial charge in [0.15, 0.2) is 29.7 Å². The van der Waals surface area contributed by atoms with E-state index in [0.717, 1.165) is 18.2 Å². The van der Waals surface area contributed by atoms with Crippen LogP contribution in [0.3, 0.4) is 0 Å². The van der Waals surface area contributed by atoms with Crippen LogP contribution in [0.25, 0.3) is 22.3 Å². The number of rotatable bonds is 7. The molecule has 4 heterocycles. The third-order valence-corrected chi connectivity index (χ3v) is 8.95. The van der Waals surface area contributed by atoms with Gasteiger partial charge in [-0.2, -0.15) is 0 Å². The van der Waals surface area contributed by atoms with Crippen molar-refractivity contribution >= 4 is 11.0 Å². The highest BCUT2D eigenvalue weighted by Gasteiger charge is 2.49. The van der Waals surface area contributed by atoms with Crippen LogP contribution in [0.15, 0.2) is 39.5 Å². The largest absolute Gasteiger partial charge is 0.508 e. The van der Waals surface area contributed by atoms with Crippen molar-refractivity contribution in [3.05, 3.63) is 40.6 Å². The molecule has 280 valence electrons. The first-order valence-electron chi connectivity index (χ1n) is 15.8. The predicted molar refractivity (Wildman–Crippen MR) is 166 cm³/mol. The summed E-state index contributed by atoms with van der Waals surface area (Å²) in [4.78, 5) is 14.0. The molecule has 1 aromatic heterocycles. The summed E-state index contributed by atoms with van der Waals surface area (Å²) in [6.45, 7) is 2.33. The molecule has 0 spiro atoms. The summed E-state index contributed by atoms with van der Waals surface area (Å²) in [5.74, 6) is -3.17. The Morgan fingerprint density at radius 3 is 2.02 bits per heavy atom. The van der Waals surface area contributed by atoms with Gasteiger partial charge < -0.3 is 89.0 Å². The number of hydrogen-bond donors (Lipinski definition) is 11. The van der Waals surface area contributed by atoms with Gasteiger partial charge in [0.1, 0.15) is 71.3 Å². The lowest BCUT2D eigenvalue weighted by atomic mass is 9.99. The highest BCUT2D eigenvalue weighted by atomic mass is 16.8. The van der Waals surface area contributed by atoms with Crippen LogP contribution in [-0.2, 0) is 18.9 Å². The SMILES string of the molecule is C[C@@H]1O[C@H](Oc2ccc(-c3oc4cc(O)cc(O)c4c(=O)c3O[C@H]3O[C@@H](C)[C@H](O)[C@H](O)[C@@H]3O[C@H]3OC[C@H](O)[C@H](O)[C@@H]3O)cc2O)[C@@H](O)[C@@H](O)[C@H]1O. The van der Waals surface area contributed by atoms with Crippen molar-refractivity contribution in [2.45, 2.75) is 99.9 Å². The summed E-state index contributed by atoms with van der Waals surface area (Å²) in [6, 6.07) is 5.40. The molecular weight excluding hydrogens is 688 g/mol. The second-order valence-electron chi connectivity index (χ2n) is 12.6. The first kappa shape index (κ1) is 36.9. The third kappa shape index (κ3) is 6.91. The summed E-state index contributed by atoms with van der Waals surface area (Å²) in [7, 11) is 0. The first-order valence-corrected chi connectivity index (χ1v) is 15.8. The van der Waals surface area contributed by atoms with E-state index in [1.807, 2.05) is 0 Å². The first-order chi connectivity index (χ1) is 24.1. The number of phenolic OH excluding ortho intramolecular Hbond substituents is 3. The second-order valence-corrected chi connectivity index (χ2v) is 12.6. The molecule has 0 aliphatic carbocycles. The molecule has 0 unspecified atom stereocenters. The van der Waals surface area contributed by atoms with Crippen LogP contribution in [0.4, 0.5) is 0 Å². The van der Waals surface area contributed by atoms with Crippen molar-refractivity contribution in [3.63, 3.8) is 0 Å². The predicted octanol–water partition coefficient (Wildman–Crippen LogP) is -2.55. The third-order valence-electron chi connectivity index (χ3n) is 8.95. The average molecular weight is 727 g/mol. The normalized spacial score (nSPS) is 37.3. The lowest BCUT2D eigenvalue weighted by Gasteiger charge is -2.44. The number of benzene rings is 2. The van der Waals surface area contributed by atoms with E-state index in [-0.39, 0.29) is 16.9 Å². The molecule has 6 rings (SSSR count). The Morgan fingerprint density at radius 2 is 1.33 bits per heavy atom. The van der Waals surface area contributed by atoms with Gasteiger partial charge in [0.2, 0.25) is 23.8 Å². The fourth-order valence-corrected chi connectivity index (χ4v) is 5.97. The van der Waals surface area contributed by atoms with Gasteiger partial charge in [-0.3, -0.25) is 4.79 Å². The van der Waals surface area contributed by atoms with E-state index >= 15 is 0 Å². The molecule has 3 saturated heterocycles. The van der Waals surface area contributed by atoms with Crippen LogP contribution in [0.5, 0.6) is 28.7 Å². The monoisotopic (exact) mass is 726 g/mol. The number of ether oxygens (including phenoxy) is 6. The average Bonchev–Trinajstić information content (AvgIpc) is 3.08. The van der Waals surface area contributed by atoms with Crippen LogP contribution in [0.1, 0.15) is 13.8 Å². The molecule has 14 atom stereocenters. The van der Waals surface area contributed by atoms with Crippen LogP contribution < -0.4 is 14.9 Å². The van der Waals surface area contributed by atoms with E-state index in [0.29, 0.717) is 0 Å². The number of phenols is 3. The summed E-state index contributed by atoms with van der Waals surface area (Å²) in [5, 5.41) is 114. The van der Waals surface area contributed by atoms with Gasteiger partial charge in [-0.15, -0.1) is 0 Å². The van der Waals surface area contributed by atoms with E-state index in [1.54, 1.807) is 0 Å². The molecule has 3 fully saturated rings. The Morgan fingerprint density at radius 1 is 0.686 bits per heavy atom. The molecule has 11 N–H and O–H groups in total. The molecule has 2 aromatic carbocycles. The Hall–Kier alpha value is -3.83. The molecule has 3 aliphatic heterocycles. The summed E-state index contributed by atoms with van der Waals surface area (Å²) < 4.78 is 39.6. The molecule has 0 amide bonds. The van der Waals surface area contributed by atoms with Crippen LogP contribution >= 0.6 is 0 Å². The van der Waals surface area contributed by atoms with E-state index in [4.69, 9.17) is 32.8 Å². The zero-order valence-corrected chi connectivity index (χ0v) is 26.9. The van der Waals surface area contributed by atoms with Gasteiger partial charge in [0, 0.05) is 17.7 Å². The van der Waals surface area contributed by atoms with Crippen molar-refractivity contribution in [1.29, 1.82) is 0 Å². The second kappa shape index (κ2) is 14.3. The lowest BCUT2D eigenvalue weighted by molar-refractivity contribution is -0.341. The molecule has 19 heteroatoms. The van der Waals surface area contributed by atoms with Gasteiger partial charge in [0.05, 0.1) is 18.8 Å². The van der Waals surface area contributed by atoms with E-state index < -0.39 is 132 Å². The van der Waals surface area contributed by atoms with Crippen LogP contribution in [0.2, 0.25) is 0 Å². The molecule has 0 saturated carbocycles. The Balaban J connectivity index is 1.39. The van der Waals surface area contributed by atoms with E-state index in [2.05, 4.69) is 0 Å². The fourth-order valence-electron chi connectivity index (χ4n) is 5.97. The zero-order chi connectivity index (χ0) is 37.0.